The Morgan fingerprint density at radius 3 is 2.33 bits per heavy atom. The minimum Gasteiger partial charge on any atom is -0.350 e. The zero-order valence-corrected chi connectivity index (χ0v) is 19.2. The summed E-state index contributed by atoms with van der Waals surface area (Å²) < 4.78 is 13.8. The van der Waals surface area contributed by atoms with Crippen LogP contribution in [-0.2, 0) is 21.9 Å². The zero-order valence-electron chi connectivity index (χ0n) is 18.4. The van der Waals surface area contributed by atoms with E-state index >= 15 is 0 Å². The van der Waals surface area contributed by atoms with Crippen LogP contribution >= 0.6 is 11.8 Å². The second-order valence-electron chi connectivity index (χ2n) is 8.51. The standard InChI is InChI=1S/C24H31FN2O2S/c1-17-10-12-19(13-11-17)14-27(18(2)23(29)26-24(3,4)5)22(28)16-30-15-20-8-6-7-9-21(20)25/h6-13,18H,14-16H2,1-5H3,(H,26,29)/t18-/m1/s1. The van der Waals surface area contributed by atoms with Crippen molar-refractivity contribution in [2.24, 2.45) is 0 Å². The molecule has 0 bridgehead atoms. The van der Waals surface area contributed by atoms with Gasteiger partial charge in [0.05, 0.1) is 5.75 Å². The molecule has 2 amide bonds. The van der Waals surface area contributed by atoms with Crippen LogP contribution in [0.1, 0.15) is 44.4 Å². The number of halogens is 1. The lowest BCUT2D eigenvalue weighted by Gasteiger charge is -2.31. The molecule has 0 heterocycles. The summed E-state index contributed by atoms with van der Waals surface area (Å²) in [5.74, 6) is -0.0328. The van der Waals surface area contributed by atoms with Gasteiger partial charge in [0.1, 0.15) is 11.9 Å². The summed E-state index contributed by atoms with van der Waals surface area (Å²) in [4.78, 5) is 27.4. The topological polar surface area (TPSA) is 49.4 Å². The summed E-state index contributed by atoms with van der Waals surface area (Å²) in [7, 11) is 0. The Morgan fingerprint density at radius 2 is 1.73 bits per heavy atom. The van der Waals surface area contributed by atoms with Crippen molar-refractivity contribution in [3.63, 3.8) is 0 Å². The maximum atomic E-state index is 13.8. The molecule has 0 spiro atoms. The van der Waals surface area contributed by atoms with Crippen LogP contribution in [0.15, 0.2) is 48.5 Å². The normalized spacial score (nSPS) is 12.3. The number of aryl methyl sites for hydroxylation is 1. The van der Waals surface area contributed by atoms with Gasteiger partial charge >= 0.3 is 0 Å². The fourth-order valence-electron chi connectivity index (χ4n) is 2.89. The highest BCUT2D eigenvalue weighted by atomic mass is 32.2. The van der Waals surface area contributed by atoms with E-state index in [0.717, 1.165) is 11.1 Å². The van der Waals surface area contributed by atoms with E-state index in [1.807, 2.05) is 52.0 Å². The van der Waals surface area contributed by atoms with Gasteiger partial charge in [0.2, 0.25) is 11.8 Å². The number of hydrogen-bond donors (Lipinski definition) is 1. The molecule has 0 radical (unpaired) electrons. The molecule has 0 aliphatic carbocycles. The van der Waals surface area contributed by atoms with Gasteiger partial charge in [-0.15, -0.1) is 11.8 Å². The minimum atomic E-state index is -0.618. The molecule has 2 aromatic carbocycles. The van der Waals surface area contributed by atoms with E-state index in [2.05, 4.69) is 5.32 Å². The highest BCUT2D eigenvalue weighted by molar-refractivity contribution is 7.99. The molecule has 0 aliphatic rings. The zero-order chi connectivity index (χ0) is 22.3. The molecule has 2 rings (SSSR count). The molecule has 30 heavy (non-hydrogen) atoms. The van der Waals surface area contributed by atoms with Gasteiger partial charge < -0.3 is 10.2 Å². The van der Waals surface area contributed by atoms with Crippen LogP contribution in [0.4, 0.5) is 4.39 Å². The summed E-state index contributed by atoms with van der Waals surface area (Å²) in [6.45, 7) is 9.83. The quantitative estimate of drug-likeness (QED) is 0.660. The van der Waals surface area contributed by atoms with Crippen LogP contribution in [0.5, 0.6) is 0 Å². The molecule has 2 aromatic rings. The molecule has 1 N–H and O–H groups in total. The van der Waals surface area contributed by atoms with Crippen LogP contribution < -0.4 is 5.32 Å². The number of benzene rings is 2. The smallest absolute Gasteiger partial charge is 0.242 e. The molecule has 0 saturated heterocycles. The Morgan fingerprint density at radius 1 is 1.10 bits per heavy atom. The largest absolute Gasteiger partial charge is 0.350 e. The van der Waals surface area contributed by atoms with Crippen molar-refractivity contribution in [3.8, 4) is 0 Å². The van der Waals surface area contributed by atoms with Gasteiger partial charge in [-0.25, -0.2) is 4.39 Å². The first-order valence-corrected chi connectivity index (χ1v) is 11.2. The van der Waals surface area contributed by atoms with Crippen LogP contribution in [0.2, 0.25) is 0 Å². The lowest BCUT2D eigenvalue weighted by atomic mass is 10.1. The third-order valence-corrected chi connectivity index (χ3v) is 5.55. The predicted octanol–water partition coefficient (Wildman–Crippen LogP) is 4.70. The lowest BCUT2D eigenvalue weighted by Crippen LogP contribution is -2.52. The summed E-state index contributed by atoms with van der Waals surface area (Å²) in [6, 6.07) is 13.9. The Labute approximate surface area is 183 Å². The monoisotopic (exact) mass is 430 g/mol. The van der Waals surface area contributed by atoms with Crippen molar-refractivity contribution in [1.82, 2.24) is 10.2 Å². The van der Waals surface area contributed by atoms with Crippen molar-refractivity contribution < 1.29 is 14.0 Å². The molecular weight excluding hydrogens is 399 g/mol. The van der Waals surface area contributed by atoms with E-state index in [-0.39, 0.29) is 28.9 Å². The maximum Gasteiger partial charge on any atom is 0.242 e. The van der Waals surface area contributed by atoms with Crippen LogP contribution in [0, 0.1) is 12.7 Å². The van der Waals surface area contributed by atoms with Crippen molar-refractivity contribution in [1.29, 1.82) is 0 Å². The van der Waals surface area contributed by atoms with Gasteiger partial charge in [0.15, 0.2) is 0 Å². The molecule has 1 atom stereocenters. The first-order chi connectivity index (χ1) is 14.1. The van der Waals surface area contributed by atoms with E-state index in [9.17, 15) is 14.0 Å². The van der Waals surface area contributed by atoms with Gasteiger partial charge in [0.25, 0.3) is 0 Å². The number of carbonyl (C=O) groups excluding carboxylic acids is 2. The Kier molecular flexibility index (Phi) is 8.47. The number of nitrogens with zero attached hydrogens (tertiary/aromatic N) is 1. The van der Waals surface area contributed by atoms with Crippen molar-refractivity contribution in [3.05, 3.63) is 71.0 Å². The minimum absolute atomic E-state index is 0.145. The lowest BCUT2D eigenvalue weighted by molar-refractivity contribution is -0.139. The Balaban J connectivity index is 2.10. The highest BCUT2D eigenvalue weighted by Gasteiger charge is 2.28. The number of nitrogens with one attached hydrogen (secondary N) is 1. The van der Waals surface area contributed by atoms with E-state index in [1.165, 1.54) is 17.8 Å². The molecule has 0 aliphatic heterocycles. The van der Waals surface area contributed by atoms with Crippen LogP contribution in [-0.4, -0.2) is 34.0 Å². The number of rotatable bonds is 8. The van der Waals surface area contributed by atoms with Gasteiger partial charge in [-0.3, -0.25) is 9.59 Å². The van der Waals surface area contributed by atoms with Crippen molar-refractivity contribution in [2.45, 2.75) is 58.5 Å². The summed E-state index contributed by atoms with van der Waals surface area (Å²) in [5.41, 5.74) is 2.28. The van der Waals surface area contributed by atoms with Gasteiger partial charge in [-0.05, 0) is 51.8 Å². The van der Waals surface area contributed by atoms with Gasteiger partial charge in [0, 0.05) is 17.8 Å². The molecule has 0 aromatic heterocycles. The average Bonchev–Trinajstić information content (AvgIpc) is 2.67. The molecule has 0 fully saturated rings. The van der Waals surface area contributed by atoms with E-state index in [1.54, 1.807) is 30.0 Å². The van der Waals surface area contributed by atoms with Crippen molar-refractivity contribution in [2.75, 3.05) is 5.75 Å². The fourth-order valence-corrected chi connectivity index (χ4v) is 3.79. The highest BCUT2D eigenvalue weighted by Crippen LogP contribution is 2.18. The number of hydrogen-bond acceptors (Lipinski definition) is 3. The second kappa shape index (κ2) is 10.6. The van der Waals surface area contributed by atoms with Crippen molar-refractivity contribution >= 4 is 23.6 Å². The average molecular weight is 431 g/mol. The predicted molar refractivity (Wildman–Crippen MR) is 122 cm³/mol. The van der Waals surface area contributed by atoms with E-state index < -0.39 is 6.04 Å². The van der Waals surface area contributed by atoms with E-state index in [4.69, 9.17) is 0 Å². The van der Waals surface area contributed by atoms with Gasteiger partial charge in [-0.2, -0.15) is 0 Å². The third-order valence-electron chi connectivity index (χ3n) is 4.58. The first-order valence-electron chi connectivity index (χ1n) is 10.0. The second-order valence-corrected chi connectivity index (χ2v) is 9.49. The van der Waals surface area contributed by atoms with Crippen LogP contribution in [0.3, 0.4) is 0 Å². The fraction of sp³-hybridized carbons (Fsp3) is 0.417. The molecule has 4 nitrogen and oxygen atoms in total. The SMILES string of the molecule is Cc1ccc(CN(C(=O)CSCc2ccccc2F)[C@H](C)C(=O)NC(C)(C)C)cc1. The third kappa shape index (κ3) is 7.48. The molecule has 0 saturated carbocycles. The molecular formula is C24H31FN2O2S. The summed E-state index contributed by atoms with van der Waals surface area (Å²) in [5, 5.41) is 2.95. The number of amides is 2. The number of carbonyl (C=O) groups is 2. The first kappa shape index (κ1) is 23.9. The summed E-state index contributed by atoms with van der Waals surface area (Å²) in [6.07, 6.45) is 0. The molecule has 162 valence electrons. The van der Waals surface area contributed by atoms with Crippen LogP contribution in [0.25, 0.3) is 0 Å². The Bertz CT molecular complexity index is 862. The Hall–Kier alpha value is -2.34. The maximum absolute atomic E-state index is 13.8. The van der Waals surface area contributed by atoms with E-state index in [0.29, 0.717) is 17.9 Å². The molecule has 6 heteroatoms. The summed E-state index contributed by atoms with van der Waals surface area (Å²) >= 11 is 1.35. The molecule has 0 unspecified atom stereocenters. The number of thioether (sulfide) groups is 1. The van der Waals surface area contributed by atoms with Gasteiger partial charge in [-0.1, -0.05) is 48.0 Å².